The Balaban J connectivity index is 2.12. The third-order valence-electron chi connectivity index (χ3n) is 3.55. The average molecular weight is 269 g/mol. The summed E-state index contributed by atoms with van der Waals surface area (Å²) in [5, 5.41) is 11.2. The zero-order valence-corrected chi connectivity index (χ0v) is 11.4. The van der Waals surface area contributed by atoms with Crippen LogP contribution in [-0.2, 0) is 6.42 Å². The van der Waals surface area contributed by atoms with E-state index in [1.54, 1.807) is 20.0 Å². The predicted molar refractivity (Wildman–Crippen MR) is 71.1 cm³/mol. The number of hydrogen-bond acceptors (Lipinski definition) is 3. The van der Waals surface area contributed by atoms with E-state index in [-0.39, 0.29) is 16.0 Å². The van der Waals surface area contributed by atoms with Crippen molar-refractivity contribution in [3.05, 3.63) is 33.1 Å². The Morgan fingerprint density at radius 1 is 1.56 bits per heavy atom. The van der Waals surface area contributed by atoms with E-state index in [1.807, 2.05) is 0 Å². The zero-order valence-electron chi connectivity index (χ0n) is 10.6. The minimum absolute atomic E-state index is 0.187. The first-order valence-electron chi connectivity index (χ1n) is 6.24. The van der Waals surface area contributed by atoms with E-state index in [9.17, 15) is 10.1 Å². The smallest absolute Gasteiger partial charge is 0.260 e. The standard InChI is InChI=1S/C13H17ClN2O2/c1-8-7-15-12(9(2)13(8)16(17)18)6-5-11(14)10-3-4-10/h7,10-11H,3-6H2,1-2H3. The molecular formula is C13H17ClN2O2. The van der Waals surface area contributed by atoms with E-state index in [1.165, 1.54) is 12.8 Å². The molecule has 18 heavy (non-hydrogen) atoms. The van der Waals surface area contributed by atoms with Crippen molar-refractivity contribution < 1.29 is 4.92 Å². The molecule has 1 aliphatic rings. The highest BCUT2D eigenvalue weighted by atomic mass is 35.5. The molecule has 1 aliphatic carbocycles. The van der Waals surface area contributed by atoms with Gasteiger partial charge in [0.2, 0.25) is 0 Å². The molecule has 1 unspecified atom stereocenters. The summed E-state index contributed by atoms with van der Waals surface area (Å²) in [6.07, 6.45) is 5.59. The molecule has 0 bridgehead atoms. The topological polar surface area (TPSA) is 56.0 Å². The van der Waals surface area contributed by atoms with Gasteiger partial charge in [-0.15, -0.1) is 11.6 Å². The van der Waals surface area contributed by atoms with Crippen LogP contribution in [0.3, 0.4) is 0 Å². The van der Waals surface area contributed by atoms with Gasteiger partial charge in [-0.05, 0) is 45.4 Å². The number of hydrogen-bond donors (Lipinski definition) is 0. The molecule has 1 heterocycles. The van der Waals surface area contributed by atoms with Gasteiger partial charge in [0.15, 0.2) is 0 Å². The van der Waals surface area contributed by atoms with Crippen molar-refractivity contribution in [2.45, 2.75) is 44.9 Å². The lowest BCUT2D eigenvalue weighted by Gasteiger charge is -2.10. The highest BCUT2D eigenvalue weighted by molar-refractivity contribution is 6.20. The summed E-state index contributed by atoms with van der Waals surface area (Å²) in [5.41, 5.74) is 2.29. The molecule has 4 nitrogen and oxygen atoms in total. The molecule has 1 fully saturated rings. The van der Waals surface area contributed by atoms with E-state index in [0.717, 1.165) is 18.5 Å². The maximum Gasteiger partial charge on any atom is 0.278 e. The van der Waals surface area contributed by atoms with Gasteiger partial charge in [-0.1, -0.05) is 0 Å². The minimum atomic E-state index is -0.324. The molecule has 0 spiro atoms. The van der Waals surface area contributed by atoms with Gasteiger partial charge in [-0.3, -0.25) is 15.1 Å². The number of rotatable bonds is 5. The van der Waals surface area contributed by atoms with Gasteiger partial charge in [0.1, 0.15) is 0 Å². The van der Waals surface area contributed by atoms with Crippen molar-refractivity contribution in [1.82, 2.24) is 4.98 Å². The number of pyridine rings is 1. The van der Waals surface area contributed by atoms with Crippen molar-refractivity contribution in [3.8, 4) is 0 Å². The van der Waals surface area contributed by atoms with Gasteiger partial charge < -0.3 is 0 Å². The first-order valence-corrected chi connectivity index (χ1v) is 6.68. The third-order valence-corrected chi connectivity index (χ3v) is 4.12. The van der Waals surface area contributed by atoms with E-state index in [2.05, 4.69) is 4.98 Å². The van der Waals surface area contributed by atoms with Crippen LogP contribution in [0, 0.1) is 29.9 Å². The van der Waals surface area contributed by atoms with E-state index >= 15 is 0 Å². The van der Waals surface area contributed by atoms with Gasteiger partial charge in [0.25, 0.3) is 5.69 Å². The highest BCUT2D eigenvalue weighted by Gasteiger charge is 2.29. The van der Waals surface area contributed by atoms with Crippen LogP contribution in [0.25, 0.3) is 0 Å². The summed E-state index contributed by atoms with van der Waals surface area (Å²) in [6.45, 7) is 3.49. The lowest BCUT2D eigenvalue weighted by Crippen LogP contribution is -2.07. The van der Waals surface area contributed by atoms with Crippen molar-refractivity contribution in [2.75, 3.05) is 0 Å². The summed E-state index contributed by atoms with van der Waals surface area (Å²) < 4.78 is 0. The minimum Gasteiger partial charge on any atom is -0.260 e. The first kappa shape index (κ1) is 13.3. The Kier molecular flexibility index (Phi) is 3.85. The van der Waals surface area contributed by atoms with E-state index in [4.69, 9.17) is 11.6 Å². The van der Waals surface area contributed by atoms with Gasteiger partial charge >= 0.3 is 0 Å². The molecule has 1 atom stereocenters. The van der Waals surface area contributed by atoms with Crippen LogP contribution in [0.5, 0.6) is 0 Å². The summed E-state index contributed by atoms with van der Waals surface area (Å²) in [4.78, 5) is 15.0. The van der Waals surface area contributed by atoms with Gasteiger partial charge in [-0.25, -0.2) is 0 Å². The second-order valence-electron chi connectivity index (χ2n) is 5.01. The molecule has 2 rings (SSSR count). The van der Waals surface area contributed by atoms with Gasteiger partial charge in [0, 0.05) is 22.7 Å². The SMILES string of the molecule is Cc1cnc(CCC(Cl)C2CC2)c(C)c1[N+](=O)[O-]. The van der Waals surface area contributed by atoms with Crippen molar-refractivity contribution in [2.24, 2.45) is 5.92 Å². The fourth-order valence-electron chi connectivity index (χ4n) is 2.27. The molecule has 1 saturated carbocycles. The predicted octanol–water partition coefficient (Wildman–Crippen LogP) is 3.56. The maximum absolute atomic E-state index is 11.0. The lowest BCUT2D eigenvalue weighted by atomic mass is 10.0. The molecule has 0 saturated heterocycles. The Hall–Kier alpha value is -1.16. The Morgan fingerprint density at radius 3 is 2.78 bits per heavy atom. The Labute approximate surface area is 112 Å². The number of aryl methyl sites for hydroxylation is 2. The third kappa shape index (κ3) is 2.80. The second-order valence-corrected chi connectivity index (χ2v) is 5.57. The molecule has 0 aromatic carbocycles. The Bertz CT molecular complexity index is 472. The number of nitrogens with zero attached hydrogens (tertiary/aromatic N) is 2. The average Bonchev–Trinajstić information content (AvgIpc) is 3.11. The van der Waals surface area contributed by atoms with Gasteiger partial charge in [0.05, 0.1) is 10.6 Å². The number of nitro groups is 1. The zero-order chi connectivity index (χ0) is 13.3. The van der Waals surface area contributed by atoms with Crippen LogP contribution in [0.4, 0.5) is 5.69 Å². The maximum atomic E-state index is 11.0. The van der Waals surface area contributed by atoms with Crippen molar-refractivity contribution in [3.63, 3.8) is 0 Å². The molecule has 0 N–H and O–H groups in total. The van der Waals surface area contributed by atoms with E-state index in [0.29, 0.717) is 17.0 Å². The first-order chi connectivity index (χ1) is 8.50. The summed E-state index contributed by atoms with van der Waals surface area (Å²) in [5.74, 6) is 0.646. The van der Waals surface area contributed by atoms with Crippen LogP contribution < -0.4 is 0 Å². The summed E-state index contributed by atoms with van der Waals surface area (Å²) >= 11 is 6.25. The summed E-state index contributed by atoms with van der Waals surface area (Å²) in [6, 6.07) is 0. The second kappa shape index (κ2) is 5.22. The Morgan fingerprint density at radius 2 is 2.22 bits per heavy atom. The van der Waals surface area contributed by atoms with E-state index < -0.39 is 0 Å². The molecule has 0 aliphatic heterocycles. The molecule has 0 radical (unpaired) electrons. The number of alkyl halides is 1. The number of halogens is 1. The monoisotopic (exact) mass is 268 g/mol. The number of aromatic nitrogens is 1. The fraction of sp³-hybridized carbons (Fsp3) is 0.615. The molecular weight excluding hydrogens is 252 g/mol. The molecule has 1 aromatic heterocycles. The van der Waals surface area contributed by atoms with Crippen LogP contribution in [-0.4, -0.2) is 15.3 Å². The lowest BCUT2D eigenvalue weighted by molar-refractivity contribution is -0.386. The normalized spacial score (nSPS) is 16.6. The molecule has 0 amide bonds. The molecule has 98 valence electrons. The van der Waals surface area contributed by atoms with Crippen LogP contribution in [0.15, 0.2) is 6.20 Å². The van der Waals surface area contributed by atoms with Crippen LogP contribution in [0.1, 0.15) is 36.1 Å². The molecule has 5 heteroatoms. The molecule has 1 aromatic rings. The largest absolute Gasteiger partial charge is 0.278 e. The fourth-order valence-corrected chi connectivity index (χ4v) is 2.63. The summed E-state index contributed by atoms with van der Waals surface area (Å²) in [7, 11) is 0. The quantitative estimate of drug-likeness (QED) is 0.466. The van der Waals surface area contributed by atoms with Crippen LogP contribution >= 0.6 is 11.6 Å². The van der Waals surface area contributed by atoms with Crippen molar-refractivity contribution >= 4 is 17.3 Å². The van der Waals surface area contributed by atoms with Crippen LogP contribution in [0.2, 0.25) is 0 Å². The van der Waals surface area contributed by atoms with Gasteiger partial charge in [-0.2, -0.15) is 0 Å². The van der Waals surface area contributed by atoms with Crippen molar-refractivity contribution in [1.29, 1.82) is 0 Å². The highest BCUT2D eigenvalue weighted by Crippen LogP contribution is 2.38.